The van der Waals surface area contributed by atoms with Crippen LogP contribution in [-0.2, 0) is 0 Å². The van der Waals surface area contributed by atoms with Crippen LogP contribution in [0.3, 0.4) is 0 Å². The Bertz CT molecular complexity index is 138. The molecule has 0 amide bonds. The molecule has 0 aromatic heterocycles. The van der Waals surface area contributed by atoms with Crippen LogP contribution >= 0.6 is 0 Å². The molecule has 0 bridgehead atoms. The van der Waals surface area contributed by atoms with Crippen LogP contribution in [0.15, 0.2) is 0 Å². The van der Waals surface area contributed by atoms with Gasteiger partial charge >= 0.3 is 0 Å². The zero-order valence-electron chi connectivity index (χ0n) is 8.70. The van der Waals surface area contributed by atoms with Crippen molar-refractivity contribution < 1.29 is 0 Å². The summed E-state index contributed by atoms with van der Waals surface area (Å²) in [5, 5.41) is 0. The summed E-state index contributed by atoms with van der Waals surface area (Å²) >= 11 is 0. The number of hydrogen-bond acceptors (Lipinski definition) is 0. The van der Waals surface area contributed by atoms with Crippen LogP contribution in [0, 0.1) is 16.7 Å². The maximum Gasteiger partial charge on any atom is -0.0246 e. The lowest BCUT2D eigenvalue weighted by atomic mass is 9.67. The van der Waals surface area contributed by atoms with Crippen molar-refractivity contribution in [1.82, 2.24) is 0 Å². The lowest BCUT2D eigenvalue weighted by Gasteiger charge is -2.38. The van der Waals surface area contributed by atoms with E-state index < -0.39 is 0 Å². The first-order valence-corrected chi connectivity index (χ1v) is 4.96. The minimum absolute atomic E-state index is 0.557. The van der Waals surface area contributed by atoms with Gasteiger partial charge in [0, 0.05) is 0 Å². The molecule has 0 atom stereocenters. The quantitative estimate of drug-likeness (QED) is 0.579. The SMILES string of the molecule is CCC1(C(C)(C)C(C)C)CC1. The zero-order chi connectivity index (χ0) is 8.70. The minimum Gasteiger partial charge on any atom is -0.0648 e. The second kappa shape index (κ2) is 2.50. The van der Waals surface area contributed by atoms with Gasteiger partial charge in [-0.05, 0) is 36.0 Å². The summed E-state index contributed by atoms with van der Waals surface area (Å²) in [6, 6.07) is 0. The summed E-state index contributed by atoms with van der Waals surface area (Å²) in [6.07, 6.45) is 4.31. The van der Waals surface area contributed by atoms with E-state index in [1.165, 1.54) is 19.3 Å². The summed E-state index contributed by atoms with van der Waals surface area (Å²) in [6.45, 7) is 11.9. The molecule has 1 saturated carbocycles. The van der Waals surface area contributed by atoms with E-state index in [4.69, 9.17) is 0 Å². The molecule has 0 radical (unpaired) electrons. The number of hydrogen-bond donors (Lipinski definition) is 0. The molecule has 66 valence electrons. The molecule has 0 saturated heterocycles. The van der Waals surface area contributed by atoms with Gasteiger partial charge in [-0.3, -0.25) is 0 Å². The van der Waals surface area contributed by atoms with Crippen LogP contribution in [0.1, 0.15) is 53.9 Å². The Labute approximate surface area is 71.4 Å². The van der Waals surface area contributed by atoms with Crippen LogP contribution < -0.4 is 0 Å². The Hall–Kier alpha value is 0. The summed E-state index contributed by atoms with van der Waals surface area (Å²) in [7, 11) is 0. The van der Waals surface area contributed by atoms with Gasteiger partial charge in [0.2, 0.25) is 0 Å². The van der Waals surface area contributed by atoms with Gasteiger partial charge < -0.3 is 0 Å². The molecule has 1 aliphatic rings. The molecule has 0 N–H and O–H groups in total. The molecule has 0 heterocycles. The molecule has 0 aromatic carbocycles. The third-order valence-electron chi connectivity index (χ3n) is 4.34. The second-order valence-corrected chi connectivity index (χ2v) is 5.01. The Morgan fingerprint density at radius 1 is 1.27 bits per heavy atom. The fourth-order valence-electron chi connectivity index (χ4n) is 2.22. The summed E-state index contributed by atoms with van der Waals surface area (Å²) in [4.78, 5) is 0. The van der Waals surface area contributed by atoms with Crippen molar-refractivity contribution in [2.45, 2.75) is 53.9 Å². The fraction of sp³-hybridized carbons (Fsp3) is 1.00. The Kier molecular flexibility index (Phi) is 2.07. The molecular formula is C11H22. The van der Waals surface area contributed by atoms with E-state index in [0.29, 0.717) is 10.8 Å². The highest BCUT2D eigenvalue weighted by Gasteiger charge is 2.53. The lowest BCUT2D eigenvalue weighted by molar-refractivity contribution is 0.111. The zero-order valence-corrected chi connectivity index (χ0v) is 8.70. The number of rotatable bonds is 3. The van der Waals surface area contributed by atoms with Gasteiger partial charge in [0.15, 0.2) is 0 Å². The summed E-state index contributed by atoms with van der Waals surface area (Å²) in [5.41, 5.74) is 1.27. The van der Waals surface area contributed by atoms with Gasteiger partial charge in [-0.15, -0.1) is 0 Å². The fourth-order valence-corrected chi connectivity index (χ4v) is 2.22. The normalized spacial score (nSPS) is 22.4. The Morgan fingerprint density at radius 3 is 1.82 bits per heavy atom. The van der Waals surface area contributed by atoms with Crippen molar-refractivity contribution in [2.75, 3.05) is 0 Å². The van der Waals surface area contributed by atoms with E-state index in [-0.39, 0.29) is 0 Å². The molecule has 0 nitrogen and oxygen atoms in total. The highest BCUT2D eigenvalue weighted by molar-refractivity contribution is 5.03. The predicted octanol–water partition coefficient (Wildman–Crippen LogP) is 3.86. The van der Waals surface area contributed by atoms with Crippen molar-refractivity contribution in [1.29, 1.82) is 0 Å². The Morgan fingerprint density at radius 2 is 1.73 bits per heavy atom. The van der Waals surface area contributed by atoms with Crippen LogP contribution in [0.4, 0.5) is 0 Å². The molecule has 1 fully saturated rings. The molecule has 11 heavy (non-hydrogen) atoms. The van der Waals surface area contributed by atoms with Crippen LogP contribution in [-0.4, -0.2) is 0 Å². The molecule has 1 aliphatic carbocycles. The average molecular weight is 154 g/mol. The van der Waals surface area contributed by atoms with Crippen molar-refractivity contribution >= 4 is 0 Å². The van der Waals surface area contributed by atoms with Crippen molar-refractivity contribution in [2.24, 2.45) is 16.7 Å². The van der Waals surface area contributed by atoms with Gasteiger partial charge in [0.1, 0.15) is 0 Å². The molecule has 1 rings (SSSR count). The van der Waals surface area contributed by atoms with Crippen LogP contribution in [0.2, 0.25) is 0 Å². The first-order chi connectivity index (χ1) is 4.96. The summed E-state index contributed by atoms with van der Waals surface area (Å²) in [5.74, 6) is 0.824. The highest BCUT2D eigenvalue weighted by atomic mass is 14.6. The van der Waals surface area contributed by atoms with E-state index in [1.807, 2.05) is 0 Å². The topological polar surface area (TPSA) is 0 Å². The maximum absolute atomic E-state index is 2.44. The smallest absolute Gasteiger partial charge is 0.0246 e. The van der Waals surface area contributed by atoms with Crippen molar-refractivity contribution in [3.05, 3.63) is 0 Å². The van der Waals surface area contributed by atoms with Crippen LogP contribution in [0.25, 0.3) is 0 Å². The van der Waals surface area contributed by atoms with E-state index in [9.17, 15) is 0 Å². The van der Waals surface area contributed by atoms with Gasteiger partial charge in [-0.2, -0.15) is 0 Å². The standard InChI is InChI=1S/C11H22/c1-6-11(7-8-11)10(4,5)9(2)3/h9H,6-8H2,1-5H3. The van der Waals surface area contributed by atoms with Gasteiger partial charge in [0.25, 0.3) is 0 Å². The predicted molar refractivity (Wildman–Crippen MR) is 50.6 cm³/mol. The molecule has 0 spiro atoms. The van der Waals surface area contributed by atoms with Crippen molar-refractivity contribution in [3.63, 3.8) is 0 Å². The molecule has 0 heteroatoms. The highest BCUT2D eigenvalue weighted by Crippen LogP contribution is 2.63. The monoisotopic (exact) mass is 154 g/mol. The van der Waals surface area contributed by atoms with E-state index in [2.05, 4.69) is 34.6 Å². The molecule has 0 unspecified atom stereocenters. The van der Waals surface area contributed by atoms with Gasteiger partial charge in [-0.1, -0.05) is 34.6 Å². The van der Waals surface area contributed by atoms with Crippen LogP contribution in [0.5, 0.6) is 0 Å². The third kappa shape index (κ3) is 1.21. The lowest BCUT2D eigenvalue weighted by Crippen LogP contribution is -2.30. The Balaban J connectivity index is 2.71. The van der Waals surface area contributed by atoms with E-state index >= 15 is 0 Å². The molecule has 0 aliphatic heterocycles. The van der Waals surface area contributed by atoms with Crippen molar-refractivity contribution in [3.8, 4) is 0 Å². The van der Waals surface area contributed by atoms with E-state index in [0.717, 1.165) is 5.92 Å². The maximum atomic E-state index is 2.44. The minimum atomic E-state index is 0.557. The second-order valence-electron chi connectivity index (χ2n) is 5.01. The molecular weight excluding hydrogens is 132 g/mol. The summed E-state index contributed by atoms with van der Waals surface area (Å²) < 4.78 is 0. The van der Waals surface area contributed by atoms with E-state index in [1.54, 1.807) is 0 Å². The first kappa shape index (κ1) is 9.09. The van der Waals surface area contributed by atoms with Gasteiger partial charge in [-0.25, -0.2) is 0 Å². The third-order valence-corrected chi connectivity index (χ3v) is 4.34. The van der Waals surface area contributed by atoms with Gasteiger partial charge in [0.05, 0.1) is 0 Å². The first-order valence-electron chi connectivity index (χ1n) is 4.96. The average Bonchev–Trinajstić information content (AvgIpc) is 2.66. The largest absolute Gasteiger partial charge is 0.0648 e. The molecule has 0 aromatic rings.